The van der Waals surface area contributed by atoms with Crippen molar-refractivity contribution >= 4 is 5.91 Å². The van der Waals surface area contributed by atoms with Crippen LogP contribution in [0.2, 0.25) is 0 Å². The Balaban J connectivity index is 2.08. The Morgan fingerprint density at radius 1 is 1.57 bits per heavy atom. The zero-order valence-corrected chi connectivity index (χ0v) is 14.1. The van der Waals surface area contributed by atoms with Crippen molar-refractivity contribution < 1.29 is 4.79 Å². The van der Waals surface area contributed by atoms with Gasteiger partial charge in [0.15, 0.2) is 0 Å². The highest BCUT2D eigenvalue weighted by Gasteiger charge is 2.49. The quantitative estimate of drug-likeness (QED) is 0.819. The summed E-state index contributed by atoms with van der Waals surface area (Å²) in [5.74, 6) is 0.842. The molecule has 1 saturated carbocycles. The second kappa shape index (κ2) is 6.30. The number of hydrogen-bond acceptors (Lipinski definition) is 3. The van der Waals surface area contributed by atoms with Gasteiger partial charge in [0.2, 0.25) is 0 Å². The number of aromatic nitrogens is 2. The molecule has 1 aliphatic carbocycles. The van der Waals surface area contributed by atoms with Crippen LogP contribution in [0.5, 0.6) is 0 Å². The van der Waals surface area contributed by atoms with Gasteiger partial charge in [-0.3, -0.25) is 4.79 Å². The Labute approximate surface area is 128 Å². The van der Waals surface area contributed by atoms with Gasteiger partial charge in [-0.2, -0.15) is 5.10 Å². The lowest BCUT2D eigenvalue weighted by molar-refractivity contribution is 0.000631. The third-order valence-corrected chi connectivity index (χ3v) is 5.45. The fourth-order valence-electron chi connectivity index (χ4n) is 3.29. The maximum atomic E-state index is 12.7. The summed E-state index contributed by atoms with van der Waals surface area (Å²) in [6, 6.07) is 0. The SMILES string of the molecule is CNCCCc1nn(C(=O)C2CCC2(C)C(C)C)cc1C. The van der Waals surface area contributed by atoms with Gasteiger partial charge in [-0.25, -0.2) is 4.68 Å². The van der Waals surface area contributed by atoms with Crippen molar-refractivity contribution in [3.05, 3.63) is 17.5 Å². The average Bonchev–Trinajstić information content (AvgIpc) is 2.78. The first-order chi connectivity index (χ1) is 9.90. The van der Waals surface area contributed by atoms with Crippen molar-refractivity contribution in [3.63, 3.8) is 0 Å². The molecule has 0 radical (unpaired) electrons. The van der Waals surface area contributed by atoms with E-state index in [0.717, 1.165) is 43.5 Å². The van der Waals surface area contributed by atoms with Crippen LogP contribution in [0, 0.1) is 24.2 Å². The van der Waals surface area contributed by atoms with Crippen molar-refractivity contribution in [2.75, 3.05) is 13.6 Å². The van der Waals surface area contributed by atoms with E-state index >= 15 is 0 Å². The highest BCUT2D eigenvalue weighted by Crippen LogP contribution is 2.52. The molecule has 0 bridgehead atoms. The molecule has 2 rings (SSSR count). The molecule has 1 heterocycles. The minimum absolute atomic E-state index is 0.127. The minimum Gasteiger partial charge on any atom is -0.320 e. The van der Waals surface area contributed by atoms with Crippen LogP contribution < -0.4 is 5.32 Å². The number of rotatable bonds is 6. The Kier molecular flexibility index (Phi) is 4.87. The van der Waals surface area contributed by atoms with Gasteiger partial charge in [0.1, 0.15) is 0 Å². The zero-order valence-electron chi connectivity index (χ0n) is 14.1. The Bertz CT molecular complexity index is 506. The summed E-state index contributed by atoms with van der Waals surface area (Å²) >= 11 is 0. The Morgan fingerprint density at radius 3 is 2.81 bits per heavy atom. The summed E-state index contributed by atoms with van der Waals surface area (Å²) in [4.78, 5) is 12.7. The molecule has 118 valence electrons. The maximum absolute atomic E-state index is 12.7. The molecule has 0 saturated heterocycles. The van der Waals surface area contributed by atoms with Gasteiger partial charge >= 0.3 is 0 Å². The lowest BCUT2D eigenvalue weighted by Crippen LogP contribution is -2.47. The monoisotopic (exact) mass is 291 g/mol. The van der Waals surface area contributed by atoms with E-state index in [1.807, 2.05) is 20.2 Å². The largest absolute Gasteiger partial charge is 0.320 e. The summed E-state index contributed by atoms with van der Waals surface area (Å²) in [6.45, 7) is 9.71. The Morgan fingerprint density at radius 2 is 2.29 bits per heavy atom. The van der Waals surface area contributed by atoms with E-state index in [-0.39, 0.29) is 17.2 Å². The third-order valence-electron chi connectivity index (χ3n) is 5.45. The first-order valence-electron chi connectivity index (χ1n) is 8.14. The molecule has 0 aromatic carbocycles. The average molecular weight is 291 g/mol. The van der Waals surface area contributed by atoms with E-state index in [4.69, 9.17) is 0 Å². The van der Waals surface area contributed by atoms with E-state index in [1.165, 1.54) is 0 Å². The van der Waals surface area contributed by atoms with Crippen molar-refractivity contribution in [2.24, 2.45) is 17.3 Å². The van der Waals surface area contributed by atoms with Crippen LogP contribution in [-0.2, 0) is 6.42 Å². The van der Waals surface area contributed by atoms with Gasteiger partial charge < -0.3 is 5.32 Å². The topological polar surface area (TPSA) is 46.9 Å². The lowest BCUT2D eigenvalue weighted by Gasteiger charge is -2.49. The number of nitrogens with one attached hydrogen (secondary N) is 1. The standard InChI is InChI=1S/C17H29N3O/c1-12(2)17(4)9-8-14(17)16(21)20-11-13(3)15(19-20)7-6-10-18-5/h11-12,14,18H,6-10H2,1-5H3. The van der Waals surface area contributed by atoms with Crippen molar-refractivity contribution in [2.45, 2.75) is 53.4 Å². The molecule has 4 nitrogen and oxygen atoms in total. The molecule has 0 amide bonds. The number of nitrogens with zero attached hydrogens (tertiary/aromatic N) is 2. The molecule has 0 spiro atoms. The van der Waals surface area contributed by atoms with Crippen molar-refractivity contribution in [1.82, 2.24) is 15.1 Å². The van der Waals surface area contributed by atoms with Gasteiger partial charge in [-0.05, 0) is 63.1 Å². The van der Waals surface area contributed by atoms with E-state index in [9.17, 15) is 4.79 Å². The van der Waals surface area contributed by atoms with Crippen LogP contribution in [0.4, 0.5) is 0 Å². The molecule has 21 heavy (non-hydrogen) atoms. The molecule has 1 aromatic heterocycles. The number of aryl methyl sites for hydroxylation is 2. The van der Waals surface area contributed by atoms with Crippen LogP contribution in [-0.4, -0.2) is 29.3 Å². The third kappa shape index (κ3) is 3.05. The molecule has 2 atom stereocenters. The molecule has 0 aliphatic heterocycles. The van der Waals surface area contributed by atoms with Gasteiger partial charge in [0, 0.05) is 12.1 Å². The maximum Gasteiger partial charge on any atom is 0.250 e. The molecule has 1 N–H and O–H groups in total. The minimum atomic E-state index is 0.127. The van der Waals surface area contributed by atoms with Crippen molar-refractivity contribution in [1.29, 1.82) is 0 Å². The van der Waals surface area contributed by atoms with Crippen LogP contribution in [0.15, 0.2) is 6.20 Å². The fraction of sp³-hybridized carbons (Fsp3) is 0.765. The van der Waals surface area contributed by atoms with Gasteiger partial charge in [-0.15, -0.1) is 0 Å². The molecule has 2 unspecified atom stereocenters. The number of carbonyl (C=O) groups is 1. The summed E-state index contributed by atoms with van der Waals surface area (Å²) < 4.78 is 1.61. The van der Waals surface area contributed by atoms with Gasteiger partial charge in [-0.1, -0.05) is 20.8 Å². The first kappa shape index (κ1) is 16.2. The number of carbonyl (C=O) groups excluding carboxylic acids is 1. The predicted octanol–water partition coefficient (Wildman–Crippen LogP) is 3.06. The van der Waals surface area contributed by atoms with Crippen LogP contribution >= 0.6 is 0 Å². The summed E-state index contributed by atoms with van der Waals surface area (Å²) in [6.07, 6.45) is 6.04. The van der Waals surface area contributed by atoms with E-state index in [1.54, 1.807) is 4.68 Å². The van der Waals surface area contributed by atoms with Crippen molar-refractivity contribution in [3.8, 4) is 0 Å². The molecular formula is C17H29N3O. The molecule has 1 fully saturated rings. The lowest BCUT2D eigenvalue weighted by atomic mass is 9.55. The molecule has 4 heteroatoms. The highest BCUT2D eigenvalue weighted by atomic mass is 16.2. The second-order valence-electron chi connectivity index (χ2n) is 7.00. The van der Waals surface area contributed by atoms with E-state index in [2.05, 4.69) is 31.2 Å². The zero-order chi connectivity index (χ0) is 15.6. The summed E-state index contributed by atoms with van der Waals surface area (Å²) in [5, 5.41) is 7.69. The fourth-order valence-corrected chi connectivity index (χ4v) is 3.29. The second-order valence-corrected chi connectivity index (χ2v) is 7.00. The normalized spacial score (nSPS) is 25.1. The smallest absolute Gasteiger partial charge is 0.250 e. The molecule has 1 aromatic rings. The highest BCUT2D eigenvalue weighted by molar-refractivity contribution is 5.82. The molecular weight excluding hydrogens is 262 g/mol. The summed E-state index contributed by atoms with van der Waals surface area (Å²) in [7, 11) is 1.96. The van der Waals surface area contributed by atoms with Crippen LogP contribution in [0.1, 0.15) is 56.1 Å². The van der Waals surface area contributed by atoms with Crippen LogP contribution in [0.3, 0.4) is 0 Å². The molecule has 1 aliphatic rings. The first-order valence-corrected chi connectivity index (χ1v) is 8.14. The Hall–Kier alpha value is -1.16. The summed E-state index contributed by atoms with van der Waals surface area (Å²) in [5.41, 5.74) is 2.33. The predicted molar refractivity (Wildman–Crippen MR) is 85.5 cm³/mol. The van der Waals surface area contributed by atoms with Gasteiger partial charge in [0.25, 0.3) is 5.91 Å². The van der Waals surface area contributed by atoms with E-state index in [0.29, 0.717) is 5.92 Å². The number of hydrogen-bond donors (Lipinski definition) is 1. The van der Waals surface area contributed by atoms with Crippen LogP contribution in [0.25, 0.3) is 0 Å². The van der Waals surface area contributed by atoms with Gasteiger partial charge in [0.05, 0.1) is 5.69 Å². The van der Waals surface area contributed by atoms with E-state index < -0.39 is 0 Å².